The number of rotatable bonds is 4. The summed E-state index contributed by atoms with van der Waals surface area (Å²) in [6.45, 7) is 1.68. The number of piperidine rings is 1. The van der Waals surface area contributed by atoms with Crippen LogP contribution in [0.3, 0.4) is 0 Å². The minimum Gasteiger partial charge on any atom is -0.322 e. The van der Waals surface area contributed by atoms with Crippen molar-refractivity contribution in [2.45, 2.75) is 12.8 Å². The molecule has 1 amide bonds. The second-order valence-corrected chi connectivity index (χ2v) is 6.69. The average Bonchev–Trinajstić information content (AvgIpc) is 2.65. The number of likely N-dealkylation sites (tertiary alicyclic amines) is 1. The number of benzene rings is 2. The molecule has 27 heavy (non-hydrogen) atoms. The summed E-state index contributed by atoms with van der Waals surface area (Å²) in [5, 5.41) is 2.33. The van der Waals surface area contributed by atoms with Gasteiger partial charge in [-0.25, -0.2) is 13.2 Å². The van der Waals surface area contributed by atoms with Crippen LogP contribution in [0.4, 0.5) is 18.9 Å². The highest BCUT2D eigenvalue weighted by atomic mass is 19.2. The summed E-state index contributed by atoms with van der Waals surface area (Å²) in [6.07, 6.45) is 1.51. The van der Waals surface area contributed by atoms with Gasteiger partial charge in [-0.1, -0.05) is 12.1 Å². The highest BCUT2D eigenvalue weighted by Gasteiger charge is 2.25. The third-order valence-electron chi connectivity index (χ3n) is 4.77. The van der Waals surface area contributed by atoms with Crippen molar-refractivity contribution in [2.24, 2.45) is 5.92 Å². The van der Waals surface area contributed by atoms with E-state index in [9.17, 15) is 22.8 Å². The maximum atomic E-state index is 13.8. The lowest BCUT2D eigenvalue weighted by atomic mass is 9.89. The minimum absolute atomic E-state index is 0.0256. The van der Waals surface area contributed by atoms with Crippen LogP contribution in [-0.4, -0.2) is 36.7 Å². The fourth-order valence-corrected chi connectivity index (χ4v) is 3.19. The molecule has 1 aliphatic rings. The summed E-state index contributed by atoms with van der Waals surface area (Å²) < 4.78 is 40.8. The van der Waals surface area contributed by atoms with Crippen molar-refractivity contribution in [3.8, 4) is 0 Å². The number of carbonyl (C=O) groups is 2. The molecule has 142 valence electrons. The van der Waals surface area contributed by atoms with Crippen molar-refractivity contribution in [1.29, 1.82) is 0 Å². The number of halogens is 3. The molecule has 2 aromatic rings. The monoisotopic (exact) mass is 376 g/mol. The number of anilines is 1. The van der Waals surface area contributed by atoms with Gasteiger partial charge >= 0.3 is 0 Å². The van der Waals surface area contributed by atoms with Crippen LogP contribution in [0.1, 0.15) is 33.6 Å². The smallest absolute Gasteiger partial charge is 0.261 e. The first-order chi connectivity index (χ1) is 12.9. The van der Waals surface area contributed by atoms with E-state index in [0.29, 0.717) is 17.7 Å². The lowest BCUT2D eigenvalue weighted by molar-refractivity contribution is 0.0856. The van der Waals surface area contributed by atoms with Gasteiger partial charge in [0.2, 0.25) is 0 Å². The van der Waals surface area contributed by atoms with E-state index in [-0.39, 0.29) is 17.4 Å². The van der Waals surface area contributed by atoms with Crippen molar-refractivity contribution in [2.75, 3.05) is 25.5 Å². The van der Waals surface area contributed by atoms with Gasteiger partial charge < -0.3 is 10.2 Å². The molecule has 0 aromatic heterocycles. The van der Waals surface area contributed by atoms with E-state index >= 15 is 0 Å². The fraction of sp³-hybridized carbons (Fsp3) is 0.300. The minimum atomic E-state index is -1.55. The molecule has 1 saturated heterocycles. The predicted octanol–water partition coefficient (Wildman–Crippen LogP) is 3.88. The molecule has 2 aromatic carbocycles. The van der Waals surface area contributed by atoms with Gasteiger partial charge in [0, 0.05) is 17.2 Å². The Morgan fingerprint density at radius 1 is 1.04 bits per heavy atom. The van der Waals surface area contributed by atoms with E-state index in [1.807, 2.05) is 7.05 Å². The largest absolute Gasteiger partial charge is 0.322 e. The summed E-state index contributed by atoms with van der Waals surface area (Å²) in [7, 11) is 2.00. The second-order valence-electron chi connectivity index (χ2n) is 6.69. The van der Waals surface area contributed by atoms with Crippen molar-refractivity contribution >= 4 is 17.4 Å². The number of ketones is 1. The molecule has 0 aliphatic carbocycles. The number of amides is 1. The Balaban J connectivity index is 1.77. The van der Waals surface area contributed by atoms with Crippen LogP contribution in [-0.2, 0) is 0 Å². The third-order valence-corrected chi connectivity index (χ3v) is 4.77. The number of carbonyl (C=O) groups excluding carboxylic acids is 2. The average molecular weight is 376 g/mol. The molecular weight excluding hydrogens is 357 g/mol. The molecular formula is C20H19F3N2O2. The SMILES string of the molecule is CN1CCC(C(=O)c2cccc(NC(=O)c3c(F)ccc(F)c3F)c2)CC1. The number of hydrogen-bond acceptors (Lipinski definition) is 3. The molecule has 0 bridgehead atoms. The van der Waals surface area contributed by atoms with Gasteiger partial charge in [0.15, 0.2) is 17.4 Å². The van der Waals surface area contributed by atoms with E-state index < -0.39 is 28.9 Å². The molecule has 1 heterocycles. The lowest BCUT2D eigenvalue weighted by Crippen LogP contribution is -2.33. The van der Waals surface area contributed by atoms with Crippen molar-refractivity contribution < 1.29 is 22.8 Å². The summed E-state index contributed by atoms with van der Waals surface area (Å²) in [5.74, 6) is -5.26. The first-order valence-corrected chi connectivity index (χ1v) is 8.64. The van der Waals surface area contributed by atoms with E-state index in [0.717, 1.165) is 25.9 Å². The number of nitrogens with one attached hydrogen (secondary N) is 1. The van der Waals surface area contributed by atoms with Crippen molar-refractivity contribution in [3.05, 3.63) is 65.0 Å². The Morgan fingerprint density at radius 3 is 2.41 bits per heavy atom. The van der Waals surface area contributed by atoms with Crippen LogP contribution in [0.5, 0.6) is 0 Å². The van der Waals surface area contributed by atoms with Crippen LogP contribution in [0.15, 0.2) is 36.4 Å². The zero-order valence-corrected chi connectivity index (χ0v) is 14.8. The molecule has 1 N–H and O–H groups in total. The number of nitrogens with zero attached hydrogens (tertiary/aromatic N) is 1. The molecule has 3 rings (SSSR count). The quantitative estimate of drug-likeness (QED) is 0.651. The fourth-order valence-electron chi connectivity index (χ4n) is 3.19. The van der Waals surface area contributed by atoms with Gasteiger partial charge in [-0.3, -0.25) is 9.59 Å². The van der Waals surface area contributed by atoms with Crippen LogP contribution >= 0.6 is 0 Å². The zero-order valence-electron chi connectivity index (χ0n) is 14.8. The Bertz CT molecular complexity index is 878. The van der Waals surface area contributed by atoms with Crippen molar-refractivity contribution in [1.82, 2.24) is 4.90 Å². The molecule has 0 unspecified atom stereocenters. The Hall–Kier alpha value is -2.67. The van der Waals surface area contributed by atoms with Crippen LogP contribution in [0, 0.1) is 23.4 Å². The third kappa shape index (κ3) is 4.19. The number of hydrogen-bond donors (Lipinski definition) is 1. The van der Waals surface area contributed by atoms with Crippen LogP contribution in [0.25, 0.3) is 0 Å². The summed E-state index contributed by atoms with van der Waals surface area (Å²) >= 11 is 0. The maximum absolute atomic E-state index is 13.8. The van der Waals surface area contributed by atoms with E-state index in [1.165, 1.54) is 12.1 Å². The van der Waals surface area contributed by atoms with Gasteiger partial charge in [-0.2, -0.15) is 0 Å². The standard InChI is InChI=1S/C20H19F3N2O2/c1-25-9-7-12(8-10-25)19(26)13-3-2-4-14(11-13)24-20(27)17-15(21)5-6-16(22)18(17)23/h2-6,11-12H,7-10H2,1H3,(H,24,27). The maximum Gasteiger partial charge on any atom is 0.261 e. The van der Waals surface area contributed by atoms with Gasteiger partial charge in [0.1, 0.15) is 11.4 Å². The normalized spacial score (nSPS) is 15.6. The van der Waals surface area contributed by atoms with Crippen LogP contribution in [0.2, 0.25) is 0 Å². The molecule has 0 atom stereocenters. The highest BCUT2D eigenvalue weighted by Crippen LogP contribution is 2.23. The Morgan fingerprint density at radius 2 is 1.70 bits per heavy atom. The van der Waals surface area contributed by atoms with Crippen LogP contribution < -0.4 is 5.32 Å². The van der Waals surface area contributed by atoms with Gasteiger partial charge in [-0.05, 0) is 57.2 Å². The highest BCUT2D eigenvalue weighted by molar-refractivity contribution is 6.05. The predicted molar refractivity (Wildman–Crippen MR) is 95.3 cm³/mol. The van der Waals surface area contributed by atoms with E-state index in [4.69, 9.17) is 0 Å². The van der Waals surface area contributed by atoms with Gasteiger partial charge in [-0.15, -0.1) is 0 Å². The summed E-state index contributed by atoms with van der Waals surface area (Å²) in [6, 6.07) is 7.48. The second kappa shape index (κ2) is 7.92. The molecule has 1 aliphatic heterocycles. The van der Waals surface area contributed by atoms with Gasteiger partial charge in [0.25, 0.3) is 5.91 Å². The molecule has 1 fully saturated rings. The first kappa shape index (κ1) is 19.1. The van der Waals surface area contributed by atoms with E-state index in [2.05, 4.69) is 10.2 Å². The first-order valence-electron chi connectivity index (χ1n) is 8.64. The number of Topliss-reactive ketones (excluding diaryl/α,β-unsaturated/α-hetero) is 1. The Labute approximate surface area is 155 Å². The zero-order chi connectivity index (χ0) is 19.6. The molecule has 0 radical (unpaired) electrons. The van der Waals surface area contributed by atoms with E-state index in [1.54, 1.807) is 12.1 Å². The molecule has 0 spiro atoms. The summed E-state index contributed by atoms with van der Waals surface area (Å²) in [4.78, 5) is 27.0. The van der Waals surface area contributed by atoms with Gasteiger partial charge in [0.05, 0.1) is 0 Å². The molecule has 7 heteroatoms. The topological polar surface area (TPSA) is 49.4 Å². The summed E-state index contributed by atoms with van der Waals surface area (Å²) in [5.41, 5.74) is -0.369. The van der Waals surface area contributed by atoms with Crippen molar-refractivity contribution in [3.63, 3.8) is 0 Å². The lowest BCUT2D eigenvalue weighted by Gasteiger charge is -2.28. The Kier molecular flexibility index (Phi) is 5.60. The molecule has 0 saturated carbocycles. The molecule has 4 nitrogen and oxygen atoms in total.